The fourth-order valence-corrected chi connectivity index (χ4v) is 3.30. The number of ether oxygens (including phenoxy) is 3. The summed E-state index contributed by atoms with van der Waals surface area (Å²) in [7, 11) is 1.61. The molecule has 0 unspecified atom stereocenters. The van der Waals surface area contributed by atoms with E-state index in [0.29, 0.717) is 25.0 Å². The minimum absolute atomic E-state index is 0.0131. The van der Waals surface area contributed by atoms with Crippen LogP contribution < -0.4 is 0 Å². The van der Waals surface area contributed by atoms with E-state index in [1.165, 1.54) is 0 Å². The van der Waals surface area contributed by atoms with Crippen molar-refractivity contribution in [2.45, 2.75) is 25.0 Å². The van der Waals surface area contributed by atoms with Crippen LogP contribution in [0.5, 0.6) is 0 Å². The van der Waals surface area contributed by atoms with Gasteiger partial charge >= 0.3 is 11.9 Å². The van der Waals surface area contributed by atoms with Gasteiger partial charge in [0, 0.05) is 25.4 Å². The molecule has 4 atom stereocenters. The van der Waals surface area contributed by atoms with Gasteiger partial charge in [-0.3, -0.25) is 4.79 Å². The molecule has 2 aliphatic rings. The fourth-order valence-electron chi connectivity index (χ4n) is 3.30. The number of esters is 2. The SMILES string of the molecule is COC[C@@H]1[C@H]2CC(=O)O[C@H]2C[C@H]1OC(=O)c1ccccc1. The molecule has 1 heterocycles. The van der Waals surface area contributed by atoms with Gasteiger partial charge in [-0.05, 0) is 12.1 Å². The lowest BCUT2D eigenvalue weighted by Crippen LogP contribution is -2.29. The largest absolute Gasteiger partial charge is 0.462 e. The highest BCUT2D eigenvalue weighted by molar-refractivity contribution is 5.89. The van der Waals surface area contributed by atoms with Gasteiger partial charge in [0.05, 0.1) is 18.6 Å². The van der Waals surface area contributed by atoms with Crippen molar-refractivity contribution in [1.82, 2.24) is 0 Å². The Kier molecular flexibility index (Phi) is 3.92. The van der Waals surface area contributed by atoms with Crippen LogP contribution in [0.15, 0.2) is 30.3 Å². The van der Waals surface area contributed by atoms with Crippen LogP contribution in [0.2, 0.25) is 0 Å². The number of hydrogen-bond donors (Lipinski definition) is 0. The maximum absolute atomic E-state index is 12.2. The Bertz CT molecular complexity index is 527. The highest BCUT2D eigenvalue weighted by Gasteiger charge is 2.51. The predicted octanol–water partition coefficient (Wildman–Crippen LogP) is 1.81. The minimum atomic E-state index is -0.340. The predicted molar refractivity (Wildman–Crippen MR) is 73.6 cm³/mol. The lowest BCUT2D eigenvalue weighted by molar-refractivity contribution is -0.141. The third kappa shape index (κ3) is 2.78. The van der Waals surface area contributed by atoms with E-state index < -0.39 is 0 Å². The second-order valence-corrected chi connectivity index (χ2v) is 5.56. The molecule has 2 fully saturated rings. The van der Waals surface area contributed by atoms with E-state index in [-0.39, 0.29) is 36.0 Å². The Morgan fingerprint density at radius 1 is 1.33 bits per heavy atom. The molecule has 1 aliphatic carbocycles. The van der Waals surface area contributed by atoms with Gasteiger partial charge in [0.15, 0.2) is 0 Å². The van der Waals surface area contributed by atoms with E-state index in [1.807, 2.05) is 6.07 Å². The third-order valence-electron chi connectivity index (χ3n) is 4.28. The van der Waals surface area contributed by atoms with Crippen molar-refractivity contribution in [1.29, 1.82) is 0 Å². The van der Waals surface area contributed by atoms with Gasteiger partial charge in [-0.25, -0.2) is 4.79 Å². The summed E-state index contributed by atoms with van der Waals surface area (Å²) in [5.41, 5.74) is 0.530. The maximum Gasteiger partial charge on any atom is 0.338 e. The monoisotopic (exact) mass is 290 g/mol. The molecule has 0 N–H and O–H groups in total. The summed E-state index contributed by atoms with van der Waals surface area (Å²) in [5, 5.41) is 0. The molecular weight excluding hydrogens is 272 g/mol. The van der Waals surface area contributed by atoms with Gasteiger partial charge in [-0.1, -0.05) is 18.2 Å². The summed E-state index contributed by atoms with van der Waals surface area (Å²) in [4.78, 5) is 23.5. The van der Waals surface area contributed by atoms with Gasteiger partial charge in [-0.2, -0.15) is 0 Å². The van der Waals surface area contributed by atoms with E-state index >= 15 is 0 Å². The van der Waals surface area contributed by atoms with Crippen LogP contribution in [-0.2, 0) is 19.0 Å². The van der Waals surface area contributed by atoms with Crippen LogP contribution in [0.25, 0.3) is 0 Å². The quantitative estimate of drug-likeness (QED) is 0.791. The number of rotatable bonds is 4. The van der Waals surface area contributed by atoms with Crippen LogP contribution >= 0.6 is 0 Å². The first-order chi connectivity index (χ1) is 10.2. The van der Waals surface area contributed by atoms with E-state index in [2.05, 4.69) is 0 Å². The Hall–Kier alpha value is -1.88. The number of benzene rings is 1. The zero-order valence-electron chi connectivity index (χ0n) is 11.9. The Morgan fingerprint density at radius 2 is 2.10 bits per heavy atom. The number of carbonyl (C=O) groups is 2. The van der Waals surface area contributed by atoms with Gasteiger partial charge in [-0.15, -0.1) is 0 Å². The molecule has 1 saturated heterocycles. The van der Waals surface area contributed by atoms with Crippen molar-refractivity contribution >= 4 is 11.9 Å². The van der Waals surface area contributed by atoms with E-state index in [9.17, 15) is 9.59 Å². The Balaban J connectivity index is 1.70. The molecule has 1 aromatic carbocycles. The molecule has 1 saturated carbocycles. The van der Waals surface area contributed by atoms with Gasteiger partial charge in [0.25, 0.3) is 0 Å². The average Bonchev–Trinajstić information content (AvgIpc) is 2.98. The van der Waals surface area contributed by atoms with Crippen molar-refractivity contribution in [2.75, 3.05) is 13.7 Å². The highest BCUT2D eigenvalue weighted by atomic mass is 16.6. The zero-order chi connectivity index (χ0) is 14.8. The van der Waals surface area contributed by atoms with Crippen molar-refractivity contribution in [2.24, 2.45) is 11.8 Å². The summed E-state index contributed by atoms with van der Waals surface area (Å²) >= 11 is 0. The van der Waals surface area contributed by atoms with Gasteiger partial charge < -0.3 is 14.2 Å². The molecule has 0 radical (unpaired) electrons. The van der Waals surface area contributed by atoms with E-state index in [0.717, 1.165) is 0 Å². The summed E-state index contributed by atoms with van der Waals surface area (Å²) in [5.74, 6) is -0.405. The second kappa shape index (κ2) is 5.85. The lowest BCUT2D eigenvalue weighted by atomic mass is 9.93. The molecule has 1 aliphatic heterocycles. The number of hydrogen-bond acceptors (Lipinski definition) is 5. The smallest absolute Gasteiger partial charge is 0.338 e. The van der Waals surface area contributed by atoms with Crippen LogP contribution in [0.4, 0.5) is 0 Å². The number of carbonyl (C=O) groups excluding carboxylic acids is 2. The molecule has 1 aromatic rings. The molecule has 5 heteroatoms. The number of fused-ring (bicyclic) bond motifs is 1. The van der Waals surface area contributed by atoms with E-state index in [4.69, 9.17) is 14.2 Å². The maximum atomic E-state index is 12.2. The fraction of sp³-hybridized carbons (Fsp3) is 0.500. The second-order valence-electron chi connectivity index (χ2n) is 5.56. The van der Waals surface area contributed by atoms with Crippen molar-refractivity contribution in [3.8, 4) is 0 Å². The van der Waals surface area contributed by atoms with Crippen LogP contribution in [0.1, 0.15) is 23.2 Å². The summed E-state index contributed by atoms with van der Waals surface area (Å²) < 4.78 is 16.1. The minimum Gasteiger partial charge on any atom is -0.462 e. The van der Waals surface area contributed by atoms with Crippen LogP contribution in [0, 0.1) is 11.8 Å². The first-order valence-corrected chi connectivity index (χ1v) is 7.13. The Labute approximate surface area is 123 Å². The van der Waals surface area contributed by atoms with Crippen molar-refractivity contribution in [3.63, 3.8) is 0 Å². The lowest BCUT2D eigenvalue weighted by Gasteiger charge is -2.22. The first-order valence-electron chi connectivity index (χ1n) is 7.13. The van der Waals surface area contributed by atoms with Crippen LogP contribution in [-0.4, -0.2) is 37.9 Å². The number of methoxy groups -OCH3 is 1. The average molecular weight is 290 g/mol. The standard InChI is InChI=1S/C16H18O5/c1-19-9-12-11-7-15(17)20-13(11)8-14(12)21-16(18)10-5-3-2-4-6-10/h2-6,11-14H,7-9H2,1H3/t11-,12-,13+,14-/m1/s1. The normalized spacial score (nSPS) is 30.8. The third-order valence-corrected chi connectivity index (χ3v) is 4.28. The molecule has 0 aromatic heterocycles. The summed E-state index contributed by atoms with van der Waals surface area (Å²) in [6, 6.07) is 8.90. The zero-order valence-corrected chi connectivity index (χ0v) is 11.9. The molecule has 0 spiro atoms. The molecular formula is C16H18O5. The summed E-state index contributed by atoms with van der Waals surface area (Å²) in [6.07, 6.45) is 0.535. The van der Waals surface area contributed by atoms with Crippen molar-refractivity contribution in [3.05, 3.63) is 35.9 Å². The van der Waals surface area contributed by atoms with E-state index in [1.54, 1.807) is 31.4 Å². The molecule has 0 bridgehead atoms. The topological polar surface area (TPSA) is 61.8 Å². The molecule has 112 valence electrons. The first kappa shape index (κ1) is 14.1. The van der Waals surface area contributed by atoms with Crippen LogP contribution in [0.3, 0.4) is 0 Å². The van der Waals surface area contributed by atoms with Crippen molar-refractivity contribution < 1.29 is 23.8 Å². The highest BCUT2D eigenvalue weighted by Crippen LogP contribution is 2.43. The summed E-state index contributed by atoms with van der Waals surface area (Å²) in [6.45, 7) is 0.463. The molecule has 5 nitrogen and oxygen atoms in total. The van der Waals surface area contributed by atoms with Gasteiger partial charge in [0.2, 0.25) is 0 Å². The molecule has 3 rings (SSSR count). The Morgan fingerprint density at radius 3 is 2.81 bits per heavy atom. The molecule has 0 amide bonds. The molecule has 21 heavy (non-hydrogen) atoms. The van der Waals surface area contributed by atoms with Gasteiger partial charge in [0.1, 0.15) is 12.2 Å².